The lowest BCUT2D eigenvalue weighted by Gasteiger charge is -2.31. The summed E-state index contributed by atoms with van der Waals surface area (Å²) in [5, 5.41) is 3.06. The van der Waals surface area contributed by atoms with Crippen LogP contribution in [0.15, 0.2) is 36.4 Å². The minimum atomic E-state index is -3.65. The summed E-state index contributed by atoms with van der Waals surface area (Å²) in [7, 11) is -3.65. The molecule has 1 amide bonds. The van der Waals surface area contributed by atoms with Gasteiger partial charge in [0.1, 0.15) is 6.04 Å². The van der Waals surface area contributed by atoms with E-state index in [9.17, 15) is 13.2 Å². The predicted octanol–water partition coefficient (Wildman–Crippen LogP) is 4.60. The van der Waals surface area contributed by atoms with Gasteiger partial charge in [0.05, 0.1) is 18.0 Å². The zero-order valence-corrected chi connectivity index (χ0v) is 20.1. The Balaban J connectivity index is 1.86. The fourth-order valence-corrected chi connectivity index (χ4v) is 5.75. The van der Waals surface area contributed by atoms with E-state index in [0.717, 1.165) is 35.8 Å². The second-order valence-electron chi connectivity index (χ2n) is 8.79. The van der Waals surface area contributed by atoms with Gasteiger partial charge >= 0.3 is 0 Å². The van der Waals surface area contributed by atoms with Crippen LogP contribution >= 0.6 is 0 Å². The fourth-order valence-electron chi connectivity index (χ4n) is 4.55. The molecule has 0 bridgehead atoms. The van der Waals surface area contributed by atoms with E-state index in [1.165, 1.54) is 28.3 Å². The molecule has 31 heavy (non-hydrogen) atoms. The zero-order chi connectivity index (χ0) is 22.8. The minimum absolute atomic E-state index is 0.200. The summed E-state index contributed by atoms with van der Waals surface area (Å²) in [4.78, 5) is 13.3. The van der Waals surface area contributed by atoms with E-state index in [0.29, 0.717) is 12.1 Å². The Labute approximate surface area is 186 Å². The molecule has 168 valence electrons. The van der Waals surface area contributed by atoms with Crippen LogP contribution in [0.2, 0.25) is 0 Å². The number of carbonyl (C=O) groups excluding carboxylic acids is 1. The van der Waals surface area contributed by atoms with Crippen molar-refractivity contribution >= 4 is 21.6 Å². The maximum atomic E-state index is 13.3. The first-order valence-electron chi connectivity index (χ1n) is 11.1. The summed E-state index contributed by atoms with van der Waals surface area (Å²) in [6.07, 6.45) is 6.17. The van der Waals surface area contributed by atoms with Gasteiger partial charge in [0, 0.05) is 0 Å². The van der Waals surface area contributed by atoms with Crippen molar-refractivity contribution in [2.45, 2.75) is 71.9 Å². The lowest BCUT2D eigenvalue weighted by molar-refractivity contribution is -0.122. The van der Waals surface area contributed by atoms with Crippen molar-refractivity contribution in [2.24, 2.45) is 0 Å². The number of fused-ring (bicyclic) bond motifs is 1. The van der Waals surface area contributed by atoms with Crippen LogP contribution in [0, 0.1) is 13.8 Å². The first kappa shape index (κ1) is 23.3. The molecule has 0 aromatic heterocycles. The topological polar surface area (TPSA) is 66.5 Å². The summed E-state index contributed by atoms with van der Waals surface area (Å²) in [5.41, 5.74) is 6.27. The van der Waals surface area contributed by atoms with E-state index in [1.54, 1.807) is 0 Å². The second kappa shape index (κ2) is 9.43. The third kappa shape index (κ3) is 5.48. The number of hydrogen-bond donors (Lipinski definition) is 1. The predicted molar refractivity (Wildman–Crippen MR) is 127 cm³/mol. The quantitative estimate of drug-likeness (QED) is 0.681. The van der Waals surface area contributed by atoms with Gasteiger partial charge in [-0.3, -0.25) is 9.10 Å². The van der Waals surface area contributed by atoms with Crippen LogP contribution in [0.5, 0.6) is 0 Å². The van der Waals surface area contributed by atoms with E-state index < -0.39 is 16.1 Å². The average Bonchev–Trinajstić information content (AvgIpc) is 2.69. The molecule has 1 aliphatic carbocycles. The molecule has 0 spiro atoms. The highest BCUT2D eigenvalue weighted by molar-refractivity contribution is 7.92. The number of sulfonamides is 1. The highest BCUT2D eigenvalue weighted by Crippen LogP contribution is 2.27. The van der Waals surface area contributed by atoms with Crippen molar-refractivity contribution in [3.05, 3.63) is 64.2 Å². The van der Waals surface area contributed by atoms with Crippen LogP contribution in [0.4, 0.5) is 5.69 Å². The van der Waals surface area contributed by atoms with Crippen LogP contribution < -0.4 is 9.62 Å². The lowest BCUT2D eigenvalue weighted by Crippen LogP contribution is -2.49. The van der Waals surface area contributed by atoms with Gasteiger partial charge in [-0.2, -0.15) is 0 Å². The Hall–Kier alpha value is -2.34. The van der Waals surface area contributed by atoms with Gasteiger partial charge in [-0.1, -0.05) is 31.2 Å². The van der Waals surface area contributed by atoms with Crippen molar-refractivity contribution in [3.8, 4) is 0 Å². The van der Waals surface area contributed by atoms with E-state index in [1.807, 2.05) is 45.9 Å². The number of amides is 1. The molecule has 0 aliphatic heterocycles. The van der Waals surface area contributed by atoms with Crippen LogP contribution in [0.3, 0.4) is 0 Å². The monoisotopic (exact) mass is 442 g/mol. The van der Waals surface area contributed by atoms with Crippen LogP contribution in [-0.2, 0) is 27.7 Å². The van der Waals surface area contributed by atoms with Gasteiger partial charge in [-0.05, 0) is 92.8 Å². The van der Waals surface area contributed by atoms with Crippen LogP contribution in [0.25, 0.3) is 0 Å². The summed E-state index contributed by atoms with van der Waals surface area (Å²) >= 11 is 0. The SMILES string of the molecule is CC[C@@H](C(=O)N[C@@H](C)c1ccc2c(c1)CCCC2)N(c1cc(C)cc(C)c1)S(C)(=O)=O. The van der Waals surface area contributed by atoms with Crippen molar-refractivity contribution in [1.29, 1.82) is 0 Å². The second-order valence-corrected chi connectivity index (χ2v) is 10.7. The van der Waals surface area contributed by atoms with Crippen LogP contribution in [-0.4, -0.2) is 26.6 Å². The Bertz CT molecular complexity index is 1040. The molecule has 3 rings (SSSR count). The minimum Gasteiger partial charge on any atom is -0.348 e. The van der Waals surface area contributed by atoms with Crippen molar-refractivity contribution in [1.82, 2.24) is 5.32 Å². The largest absolute Gasteiger partial charge is 0.348 e. The summed E-state index contributed by atoms with van der Waals surface area (Å²) < 4.78 is 26.7. The van der Waals surface area contributed by atoms with Gasteiger partial charge in [0.25, 0.3) is 0 Å². The molecule has 0 saturated carbocycles. The maximum absolute atomic E-state index is 13.3. The maximum Gasteiger partial charge on any atom is 0.244 e. The van der Waals surface area contributed by atoms with Gasteiger partial charge < -0.3 is 5.32 Å². The smallest absolute Gasteiger partial charge is 0.244 e. The number of nitrogens with one attached hydrogen (secondary N) is 1. The zero-order valence-electron chi connectivity index (χ0n) is 19.2. The number of hydrogen-bond acceptors (Lipinski definition) is 3. The third-order valence-electron chi connectivity index (χ3n) is 6.02. The Morgan fingerprint density at radius 3 is 2.23 bits per heavy atom. The highest BCUT2D eigenvalue weighted by Gasteiger charge is 2.32. The number of aryl methyl sites for hydroxylation is 4. The summed E-state index contributed by atoms with van der Waals surface area (Å²) in [6, 6.07) is 11.1. The van der Waals surface area contributed by atoms with Gasteiger partial charge in [0.2, 0.25) is 15.9 Å². The first-order chi connectivity index (χ1) is 14.6. The number of nitrogens with zero attached hydrogens (tertiary/aromatic N) is 1. The first-order valence-corrected chi connectivity index (χ1v) is 12.9. The Morgan fingerprint density at radius 2 is 1.65 bits per heavy atom. The molecule has 2 aromatic rings. The molecule has 1 N–H and O–H groups in total. The van der Waals surface area contributed by atoms with Crippen LogP contribution in [0.1, 0.15) is 67.0 Å². The molecular weight excluding hydrogens is 408 g/mol. The Morgan fingerprint density at radius 1 is 1.03 bits per heavy atom. The van der Waals surface area contributed by atoms with Crippen molar-refractivity contribution in [2.75, 3.05) is 10.6 Å². The van der Waals surface area contributed by atoms with E-state index in [2.05, 4.69) is 23.5 Å². The molecule has 6 heteroatoms. The van der Waals surface area contributed by atoms with E-state index in [-0.39, 0.29) is 11.9 Å². The van der Waals surface area contributed by atoms with Gasteiger partial charge in [0.15, 0.2) is 0 Å². The standard InChI is InChI=1S/C25H34N2O3S/c1-6-24(27(31(5,29)30)23-14-17(2)13-18(3)15-23)25(28)26-19(4)21-12-11-20-9-7-8-10-22(20)16-21/h11-16,19,24H,6-10H2,1-5H3,(H,26,28)/t19-,24-/m0/s1. The van der Waals surface area contributed by atoms with Crippen molar-refractivity contribution in [3.63, 3.8) is 0 Å². The molecular formula is C25H34N2O3S. The molecule has 0 unspecified atom stereocenters. The van der Waals surface area contributed by atoms with Crippen molar-refractivity contribution < 1.29 is 13.2 Å². The highest BCUT2D eigenvalue weighted by atomic mass is 32.2. The van der Waals surface area contributed by atoms with Gasteiger partial charge in [-0.15, -0.1) is 0 Å². The molecule has 2 aromatic carbocycles. The third-order valence-corrected chi connectivity index (χ3v) is 7.20. The normalized spacial score (nSPS) is 15.6. The Kier molecular flexibility index (Phi) is 7.10. The number of rotatable bonds is 7. The van der Waals surface area contributed by atoms with Gasteiger partial charge in [-0.25, -0.2) is 8.42 Å². The summed E-state index contributed by atoms with van der Waals surface area (Å²) in [6.45, 7) is 7.65. The molecule has 5 nitrogen and oxygen atoms in total. The summed E-state index contributed by atoms with van der Waals surface area (Å²) in [5.74, 6) is -0.280. The fraction of sp³-hybridized carbons (Fsp3) is 0.480. The molecule has 0 radical (unpaired) electrons. The number of anilines is 1. The number of benzene rings is 2. The average molecular weight is 443 g/mol. The molecule has 0 fully saturated rings. The lowest BCUT2D eigenvalue weighted by atomic mass is 9.89. The number of carbonyl (C=O) groups is 1. The molecule has 1 aliphatic rings. The molecule has 2 atom stereocenters. The molecule has 0 saturated heterocycles. The van der Waals surface area contributed by atoms with E-state index >= 15 is 0 Å². The molecule has 0 heterocycles. The van der Waals surface area contributed by atoms with E-state index in [4.69, 9.17) is 0 Å².